The lowest BCUT2D eigenvalue weighted by molar-refractivity contribution is -0.119. The van der Waals surface area contributed by atoms with Gasteiger partial charge in [-0.25, -0.2) is 0 Å². The van der Waals surface area contributed by atoms with E-state index in [1.165, 1.54) is 5.56 Å². The molecule has 2 heterocycles. The molecule has 1 aromatic carbocycles. The maximum absolute atomic E-state index is 11.9. The highest BCUT2D eigenvalue weighted by molar-refractivity contribution is 6.07. The molecular formula is C13H16N2O2. The molecule has 1 aromatic rings. The van der Waals surface area contributed by atoms with E-state index in [1.54, 1.807) is 0 Å². The van der Waals surface area contributed by atoms with Gasteiger partial charge in [-0.2, -0.15) is 0 Å². The van der Waals surface area contributed by atoms with Gasteiger partial charge in [-0.3, -0.25) is 4.79 Å². The van der Waals surface area contributed by atoms with Gasteiger partial charge in [0.15, 0.2) is 0 Å². The normalized spacial score (nSPS) is 19.8. The van der Waals surface area contributed by atoms with E-state index in [2.05, 4.69) is 10.6 Å². The molecule has 0 radical (unpaired) electrons. The quantitative estimate of drug-likeness (QED) is 0.720. The Morgan fingerprint density at radius 3 is 2.88 bits per heavy atom. The second-order valence-electron chi connectivity index (χ2n) is 5.22. The minimum Gasteiger partial charge on any atom is -0.493 e. The SMILES string of the molecule is Cc1cc2c(c3c1NC(=O)C(C)(C)N3)CCO2. The van der Waals surface area contributed by atoms with E-state index < -0.39 is 5.54 Å². The van der Waals surface area contributed by atoms with Crippen molar-refractivity contribution in [3.8, 4) is 5.75 Å². The van der Waals surface area contributed by atoms with Crippen LogP contribution in [0, 0.1) is 6.92 Å². The fourth-order valence-electron chi connectivity index (χ4n) is 2.41. The zero-order valence-corrected chi connectivity index (χ0v) is 10.3. The molecule has 3 rings (SSSR count). The van der Waals surface area contributed by atoms with Crippen molar-refractivity contribution in [1.29, 1.82) is 0 Å². The van der Waals surface area contributed by atoms with Crippen molar-refractivity contribution < 1.29 is 9.53 Å². The number of carbonyl (C=O) groups is 1. The fraction of sp³-hybridized carbons (Fsp3) is 0.462. The van der Waals surface area contributed by atoms with E-state index in [4.69, 9.17) is 4.74 Å². The third-order valence-corrected chi connectivity index (χ3v) is 3.44. The summed E-state index contributed by atoms with van der Waals surface area (Å²) in [5.74, 6) is 0.952. The highest BCUT2D eigenvalue weighted by Gasteiger charge is 2.36. The molecular weight excluding hydrogens is 216 g/mol. The van der Waals surface area contributed by atoms with Crippen molar-refractivity contribution in [1.82, 2.24) is 0 Å². The van der Waals surface area contributed by atoms with Gasteiger partial charge in [0, 0.05) is 12.0 Å². The van der Waals surface area contributed by atoms with E-state index in [1.807, 2.05) is 26.8 Å². The Kier molecular flexibility index (Phi) is 1.94. The monoisotopic (exact) mass is 232 g/mol. The fourth-order valence-corrected chi connectivity index (χ4v) is 2.41. The summed E-state index contributed by atoms with van der Waals surface area (Å²) in [6.07, 6.45) is 0.900. The number of rotatable bonds is 0. The number of aryl methyl sites for hydroxylation is 1. The van der Waals surface area contributed by atoms with Crippen molar-refractivity contribution in [2.24, 2.45) is 0 Å². The molecule has 4 nitrogen and oxygen atoms in total. The van der Waals surface area contributed by atoms with Gasteiger partial charge in [-0.05, 0) is 32.4 Å². The van der Waals surface area contributed by atoms with Crippen molar-refractivity contribution >= 4 is 17.3 Å². The molecule has 0 unspecified atom stereocenters. The number of nitrogens with one attached hydrogen (secondary N) is 2. The Morgan fingerprint density at radius 2 is 2.12 bits per heavy atom. The van der Waals surface area contributed by atoms with E-state index in [0.717, 1.165) is 35.7 Å². The van der Waals surface area contributed by atoms with Crippen LogP contribution in [-0.2, 0) is 11.2 Å². The van der Waals surface area contributed by atoms with Gasteiger partial charge in [-0.1, -0.05) is 0 Å². The predicted molar refractivity (Wildman–Crippen MR) is 66.7 cm³/mol. The topological polar surface area (TPSA) is 50.4 Å². The first-order valence-electron chi connectivity index (χ1n) is 5.88. The summed E-state index contributed by atoms with van der Waals surface area (Å²) in [4.78, 5) is 11.9. The molecule has 2 aliphatic rings. The number of benzene rings is 1. The molecule has 0 atom stereocenters. The van der Waals surface area contributed by atoms with Gasteiger partial charge in [0.2, 0.25) is 5.91 Å². The smallest absolute Gasteiger partial charge is 0.249 e. The molecule has 90 valence electrons. The molecule has 17 heavy (non-hydrogen) atoms. The van der Waals surface area contributed by atoms with E-state index in [-0.39, 0.29) is 5.91 Å². The lowest BCUT2D eigenvalue weighted by Gasteiger charge is -2.34. The molecule has 2 aliphatic heterocycles. The average molecular weight is 232 g/mol. The van der Waals surface area contributed by atoms with Crippen LogP contribution in [0.2, 0.25) is 0 Å². The lowest BCUT2D eigenvalue weighted by atomic mass is 9.95. The van der Waals surface area contributed by atoms with Crippen molar-refractivity contribution in [2.75, 3.05) is 17.2 Å². The number of fused-ring (bicyclic) bond motifs is 3. The van der Waals surface area contributed by atoms with Crippen LogP contribution < -0.4 is 15.4 Å². The Hall–Kier alpha value is -1.71. The van der Waals surface area contributed by atoms with Crippen LogP contribution in [0.5, 0.6) is 5.75 Å². The van der Waals surface area contributed by atoms with Crippen LogP contribution in [0.3, 0.4) is 0 Å². The van der Waals surface area contributed by atoms with Gasteiger partial charge >= 0.3 is 0 Å². The van der Waals surface area contributed by atoms with Crippen molar-refractivity contribution in [3.05, 3.63) is 17.2 Å². The molecule has 0 saturated heterocycles. The predicted octanol–water partition coefficient (Wildman–Crippen LogP) is 2.07. The first kappa shape index (κ1) is 10.4. The number of carbonyl (C=O) groups excluding carboxylic acids is 1. The lowest BCUT2D eigenvalue weighted by Crippen LogP contribution is -2.48. The molecule has 0 aliphatic carbocycles. The van der Waals surface area contributed by atoms with Gasteiger partial charge in [-0.15, -0.1) is 0 Å². The molecule has 0 saturated carbocycles. The average Bonchev–Trinajstić information content (AvgIpc) is 2.69. The highest BCUT2D eigenvalue weighted by Crippen LogP contribution is 2.43. The number of anilines is 2. The van der Waals surface area contributed by atoms with Crippen LogP contribution in [0.4, 0.5) is 11.4 Å². The van der Waals surface area contributed by atoms with Crippen LogP contribution in [-0.4, -0.2) is 18.1 Å². The number of hydrogen-bond acceptors (Lipinski definition) is 3. The maximum Gasteiger partial charge on any atom is 0.249 e. The van der Waals surface area contributed by atoms with Gasteiger partial charge < -0.3 is 15.4 Å². The van der Waals surface area contributed by atoms with E-state index >= 15 is 0 Å². The molecule has 1 amide bonds. The summed E-state index contributed by atoms with van der Waals surface area (Å²) >= 11 is 0. The first-order valence-corrected chi connectivity index (χ1v) is 5.88. The molecule has 0 aromatic heterocycles. The third kappa shape index (κ3) is 1.40. The number of ether oxygens (including phenoxy) is 1. The van der Waals surface area contributed by atoms with E-state index in [0.29, 0.717) is 0 Å². The third-order valence-electron chi connectivity index (χ3n) is 3.44. The maximum atomic E-state index is 11.9. The Labute approximate surface area is 100 Å². The zero-order valence-electron chi connectivity index (χ0n) is 10.3. The van der Waals surface area contributed by atoms with Crippen LogP contribution in [0.1, 0.15) is 25.0 Å². The zero-order chi connectivity index (χ0) is 12.2. The second kappa shape index (κ2) is 3.15. The summed E-state index contributed by atoms with van der Waals surface area (Å²) in [6.45, 7) is 6.48. The number of amides is 1. The highest BCUT2D eigenvalue weighted by atomic mass is 16.5. The van der Waals surface area contributed by atoms with Crippen LogP contribution in [0.15, 0.2) is 6.07 Å². The van der Waals surface area contributed by atoms with E-state index in [9.17, 15) is 4.79 Å². The van der Waals surface area contributed by atoms with Gasteiger partial charge in [0.1, 0.15) is 11.3 Å². The molecule has 0 spiro atoms. The molecule has 0 bridgehead atoms. The minimum atomic E-state index is -0.572. The van der Waals surface area contributed by atoms with Crippen LogP contribution in [0.25, 0.3) is 0 Å². The Morgan fingerprint density at radius 1 is 1.35 bits per heavy atom. The summed E-state index contributed by atoms with van der Waals surface area (Å²) in [5.41, 5.74) is 3.58. The summed E-state index contributed by atoms with van der Waals surface area (Å²) in [5, 5.41) is 6.33. The molecule has 2 N–H and O–H groups in total. The summed E-state index contributed by atoms with van der Waals surface area (Å²) < 4.78 is 5.59. The van der Waals surface area contributed by atoms with Gasteiger partial charge in [0.05, 0.1) is 18.0 Å². The largest absolute Gasteiger partial charge is 0.493 e. The minimum absolute atomic E-state index is 0.00645. The second-order valence-corrected chi connectivity index (χ2v) is 5.22. The Bertz CT molecular complexity index is 521. The van der Waals surface area contributed by atoms with Crippen molar-refractivity contribution in [2.45, 2.75) is 32.7 Å². The van der Waals surface area contributed by atoms with Crippen LogP contribution >= 0.6 is 0 Å². The summed E-state index contributed by atoms with van der Waals surface area (Å²) in [7, 11) is 0. The first-order chi connectivity index (χ1) is 7.99. The summed E-state index contributed by atoms with van der Waals surface area (Å²) in [6, 6.07) is 2.00. The standard InChI is InChI=1S/C13H16N2O2/c1-7-6-9-8(4-5-17-9)11-10(7)14-12(16)13(2,3)15-11/h6,15H,4-5H2,1-3H3,(H,14,16). The molecule has 4 heteroatoms. The Balaban J connectivity index is 2.20. The number of hydrogen-bond donors (Lipinski definition) is 2. The van der Waals surface area contributed by atoms with Gasteiger partial charge in [0.25, 0.3) is 0 Å². The van der Waals surface area contributed by atoms with Crippen molar-refractivity contribution in [3.63, 3.8) is 0 Å². The molecule has 0 fully saturated rings.